The quantitative estimate of drug-likeness (QED) is 0.665. The van der Waals surface area contributed by atoms with Crippen LogP contribution >= 0.6 is 11.8 Å². The van der Waals surface area contributed by atoms with Crippen molar-refractivity contribution in [2.24, 2.45) is 0 Å². The molecule has 2 fully saturated rings. The van der Waals surface area contributed by atoms with E-state index in [4.69, 9.17) is 4.74 Å². The number of aromatic nitrogens is 3. The largest absolute Gasteiger partial charge is 0.496 e. The normalized spacial score (nSPS) is 17.8. The van der Waals surface area contributed by atoms with Crippen LogP contribution in [0.15, 0.2) is 29.4 Å². The standard InChI is InChI=1S/C21H29N5O2S/c1-15(17-8-4-5-9-18(17)28-2)22-19(27)14-29-21-24-23-20(26(21)16-10-11-16)25-12-6-3-7-13-25/h4-5,8-9,15-16H,3,6-7,10-14H2,1-2H3,(H,22,27). The Balaban J connectivity index is 1.38. The molecule has 29 heavy (non-hydrogen) atoms. The van der Waals surface area contributed by atoms with Crippen molar-refractivity contribution in [1.82, 2.24) is 20.1 Å². The lowest BCUT2D eigenvalue weighted by molar-refractivity contribution is -0.119. The van der Waals surface area contributed by atoms with Crippen LogP contribution in [-0.2, 0) is 4.79 Å². The maximum absolute atomic E-state index is 12.6. The van der Waals surface area contributed by atoms with Crippen LogP contribution in [0.3, 0.4) is 0 Å². The molecule has 0 spiro atoms. The minimum atomic E-state index is -0.121. The fourth-order valence-corrected chi connectivity index (χ4v) is 4.66. The first-order chi connectivity index (χ1) is 14.2. The molecular weight excluding hydrogens is 386 g/mol. The Bertz CT molecular complexity index is 845. The van der Waals surface area contributed by atoms with Crippen molar-refractivity contribution >= 4 is 23.6 Å². The van der Waals surface area contributed by atoms with Crippen LogP contribution in [-0.4, -0.2) is 46.6 Å². The topological polar surface area (TPSA) is 72.3 Å². The monoisotopic (exact) mass is 415 g/mol. The summed E-state index contributed by atoms with van der Waals surface area (Å²) >= 11 is 1.47. The second kappa shape index (κ2) is 9.07. The van der Waals surface area contributed by atoms with Gasteiger partial charge in [0.05, 0.1) is 18.9 Å². The number of methoxy groups -OCH3 is 1. The molecule has 0 bridgehead atoms. The Labute approximate surface area is 176 Å². The van der Waals surface area contributed by atoms with Gasteiger partial charge >= 0.3 is 0 Å². The summed E-state index contributed by atoms with van der Waals surface area (Å²) in [6.45, 7) is 4.07. The summed E-state index contributed by atoms with van der Waals surface area (Å²) in [5, 5.41) is 12.8. The third kappa shape index (κ3) is 4.69. The summed E-state index contributed by atoms with van der Waals surface area (Å²) < 4.78 is 7.66. The van der Waals surface area contributed by atoms with Gasteiger partial charge in [-0.2, -0.15) is 0 Å². The fourth-order valence-electron chi connectivity index (χ4n) is 3.84. The Morgan fingerprint density at radius 3 is 2.72 bits per heavy atom. The minimum absolute atomic E-state index is 0.0155. The molecule has 0 radical (unpaired) electrons. The van der Waals surface area contributed by atoms with E-state index in [2.05, 4.69) is 25.0 Å². The van der Waals surface area contributed by atoms with Gasteiger partial charge in [0.15, 0.2) is 5.16 Å². The fraction of sp³-hybridized carbons (Fsp3) is 0.571. The molecule has 2 aromatic rings. The van der Waals surface area contributed by atoms with Gasteiger partial charge in [0.1, 0.15) is 5.75 Å². The van der Waals surface area contributed by atoms with E-state index < -0.39 is 0 Å². The number of nitrogens with zero attached hydrogens (tertiary/aromatic N) is 4. The summed E-state index contributed by atoms with van der Waals surface area (Å²) in [7, 11) is 1.65. The average molecular weight is 416 g/mol. The Morgan fingerprint density at radius 2 is 2.00 bits per heavy atom. The van der Waals surface area contributed by atoms with Crippen molar-refractivity contribution in [3.05, 3.63) is 29.8 Å². The minimum Gasteiger partial charge on any atom is -0.496 e. The molecule has 1 amide bonds. The van der Waals surface area contributed by atoms with Crippen LogP contribution in [0.5, 0.6) is 5.75 Å². The summed E-state index contributed by atoms with van der Waals surface area (Å²) in [6.07, 6.45) is 6.06. The van der Waals surface area contributed by atoms with Gasteiger partial charge in [0, 0.05) is 24.7 Å². The molecular formula is C21H29N5O2S. The number of rotatable bonds is 8. The lowest BCUT2D eigenvalue weighted by Gasteiger charge is -2.27. The van der Waals surface area contributed by atoms with Crippen LogP contribution in [0.4, 0.5) is 5.95 Å². The molecule has 7 nitrogen and oxygen atoms in total. The van der Waals surface area contributed by atoms with E-state index in [0.717, 1.165) is 35.5 Å². The number of para-hydroxylation sites is 1. The maximum Gasteiger partial charge on any atom is 0.230 e. The number of hydrogen-bond acceptors (Lipinski definition) is 6. The number of thioether (sulfide) groups is 1. The molecule has 1 aromatic heterocycles. The first-order valence-corrected chi connectivity index (χ1v) is 11.4. The van der Waals surface area contributed by atoms with Crippen molar-refractivity contribution in [2.75, 3.05) is 30.9 Å². The maximum atomic E-state index is 12.6. The van der Waals surface area contributed by atoms with E-state index in [9.17, 15) is 4.79 Å². The van der Waals surface area contributed by atoms with E-state index in [0.29, 0.717) is 11.8 Å². The SMILES string of the molecule is COc1ccccc1C(C)NC(=O)CSc1nnc(N2CCCCC2)n1C1CC1. The van der Waals surface area contributed by atoms with E-state index >= 15 is 0 Å². The number of carbonyl (C=O) groups is 1. The number of benzene rings is 1. The highest BCUT2D eigenvalue weighted by Crippen LogP contribution is 2.41. The second-order valence-corrected chi connectivity index (χ2v) is 8.69. The van der Waals surface area contributed by atoms with Gasteiger partial charge < -0.3 is 15.0 Å². The average Bonchev–Trinajstić information content (AvgIpc) is 3.51. The van der Waals surface area contributed by atoms with Gasteiger partial charge in [0.25, 0.3) is 0 Å². The molecule has 1 aliphatic heterocycles. The molecule has 2 heterocycles. The second-order valence-electron chi connectivity index (χ2n) is 7.75. The molecule has 1 aromatic carbocycles. The van der Waals surface area contributed by atoms with Crippen molar-refractivity contribution < 1.29 is 9.53 Å². The molecule has 1 atom stereocenters. The van der Waals surface area contributed by atoms with Gasteiger partial charge in [-0.15, -0.1) is 10.2 Å². The summed E-state index contributed by atoms with van der Waals surface area (Å²) in [4.78, 5) is 14.9. The van der Waals surface area contributed by atoms with Crippen LogP contribution in [0.25, 0.3) is 0 Å². The highest BCUT2D eigenvalue weighted by atomic mass is 32.2. The summed E-state index contributed by atoms with van der Waals surface area (Å²) in [5.74, 6) is 2.08. The smallest absolute Gasteiger partial charge is 0.230 e. The van der Waals surface area contributed by atoms with E-state index in [1.165, 1.54) is 43.9 Å². The zero-order valence-corrected chi connectivity index (χ0v) is 18.0. The Hall–Kier alpha value is -2.22. The van der Waals surface area contributed by atoms with Gasteiger partial charge in [-0.3, -0.25) is 9.36 Å². The first kappa shape index (κ1) is 20.1. The molecule has 1 saturated heterocycles. The molecule has 1 saturated carbocycles. The summed E-state index contributed by atoms with van der Waals surface area (Å²) in [6, 6.07) is 8.13. The van der Waals surface area contributed by atoms with E-state index in [1.807, 2.05) is 31.2 Å². The Morgan fingerprint density at radius 1 is 1.24 bits per heavy atom. The van der Waals surface area contributed by atoms with Crippen molar-refractivity contribution in [1.29, 1.82) is 0 Å². The molecule has 8 heteroatoms. The molecule has 1 aliphatic carbocycles. The number of carbonyl (C=O) groups excluding carboxylic acids is 1. The number of amides is 1. The lowest BCUT2D eigenvalue weighted by atomic mass is 10.1. The van der Waals surface area contributed by atoms with Crippen LogP contribution < -0.4 is 15.0 Å². The van der Waals surface area contributed by atoms with Gasteiger partial charge in [0.2, 0.25) is 11.9 Å². The van der Waals surface area contributed by atoms with E-state index in [-0.39, 0.29) is 11.9 Å². The number of nitrogens with one attached hydrogen (secondary N) is 1. The van der Waals surface area contributed by atoms with Crippen molar-refractivity contribution in [2.45, 2.75) is 56.3 Å². The lowest BCUT2D eigenvalue weighted by Crippen LogP contribution is -2.32. The van der Waals surface area contributed by atoms with Crippen LogP contribution in [0.2, 0.25) is 0 Å². The van der Waals surface area contributed by atoms with Crippen molar-refractivity contribution in [3.63, 3.8) is 0 Å². The predicted molar refractivity (Wildman–Crippen MR) is 115 cm³/mol. The number of hydrogen-bond donors (Lipinski definition) is 1. The molecule has 156 valence electrons. The predicted octanol–water partition coefficient (Wildman–Crippen LogP) is 3.58. The van der Waals surface area contributed by atoms with Crippen molar-refractivity contribution in [3.8, 4) is 5.75 Å². The molecule has 1 N–H and O–H groups in total. The van der Waals surface area contributed by atoms with Crippen LogP contribution in [0.1, 0.15) is 56.7 Å². The first-order valence-electron chi connectivity index (χ1n) is 10.4. The van der Waals surface area contributed by atoms with Crippen LogP contribution in [0, 0.1) is 0 Å². The summed E-state index contributed by atoms with van der Waals surface area (Å²) in [5.41, 5.74) is 0.974. The van der Waals surface area contributed by atoms with Gasteiger partial charge in [-0.25, -0.2) is 0 Å². The van der Waals surface area contributed by atoms with Gasteiger partial charge in [-0.1, -0.05) is 30.0 Å². The molecule has 1 unspecified atom stereocenters. The number of anilines is 1. The van der Waals surface area contributed by atoms with Gasteiger partial charge in [-0.05, 0) is 45.1 Å². The van der Waals surface area contributed by atoms with E-state index in [1.54, 1.807) is 7.11 Å². The highest BCUT2D eigenvalue weighted by molar-refractivity contribution is 7.99. The third-order valence-corrected chi connectivity index (χ3v) is 6.46. The number of ether oxygens (including phenoxy) is 1. The Kier molecular flexibility index (Phi) is 6.28. The number of piperidine rings is 1. The highest BCUT2D eigenvalue weighted by Gasteiger charge is 2.32. The molecule has 2 aliphatic rings. The molecule has 4 rings (SSSR count). The zero-order chi connectivity index (χ0) is 20.2. The third-order valence-electron chi connectivity index (χ3n) is 5.51. The zero-order valence-electron chi connectivity index (χ0n) is 17.1.